The molecule has 18 N–H and O–H groups in total. The number of aromatic amines is 1. The maximum Gasteiger partial charge on any atom is 0.245 e. The Hall–Kier alpha value is -10.4. The van der Waals surface area contributed by atoms with E-state index in [9.17, 15) is 63.0 Å². The van der Waals surface area contributed by atoms with Crippen LogP contribution in [-0.4, -0.2) is 172 Å². The second kappa shape index (κ2) is 34.2. The molecule has 93 heavy (non-hydrogen) atoms. The number of aliphatic imine (C=N–C) groups is 1. The summed E-state index contributed by atoms with van der Waals surface area (Å²) in [5.74, 6) is -8.83. The molecule has 2 aliphatic heterocycles. The Morgan fingerprint density at radius 2 is 1.11 bits per heavy atom. The number of aliphatic hydroxyl groups excluding tert-OH is 1. The number of benzene rings is 4. The van der Waals surface area contributed by atoms with Crippen molar-refractivity contribution in [1.82, 2.24) is 57.7 Å². The van der Waals surface area contributed by atoms with Gasteiger partial charge in [0.1, 0.15) is 60.1 Å². The Morgan fingerprint density at radius 3 is 1.66 bits per heavy atom. The van der Waals surface area contributed by atoms with Crippen molar-refractivity contribution in [2.75, 3.05) is 26.2 Å². The van der Waals surface area contributed by atoms with Crippen molar-refractivity contribution in [2.24, 2.45) is 28.1 Å². The van der Waals surface area contributed by atoms with Gasteiger partial charge in [0.2, 0.25) is 65.0 Å². The monoisotopic (exact) mass is 1280 g/mol. The number of nitrogens with two attached hydrogens (primary N) is 3. The molecule has 0 unspecified atom stereocenters. The number of aliphatic hydroxyl groups is 1. The van der Waals surface area contributed by atoms with Crippen LogP contribution in [-0.2, 0) is 78.4 Å². The van der Waals surface area contributed by atoms with Crippen LogP contribution in [0.5, 0.6) is 5.75 Å². The molecule has 3 heterocycles. The number of amides is 11. The summed E-state index contributed by atoms with van der Waals surface area (Å²) in [5.41, 5.74) is 19.3. The third kappa shape index (κ3) is 21.1. The summed E-state index contributed by atoms with van der Waals surface area (Å²) < 4.78 is 0. The molecule has 2 saturated heterocycles. The number of rotatable bonds is 33. The Labute approximate surface area is 537 Å². The molecule has 2 aliphatic rings. The zero-order valence-electron chi connectivity index (χ0n) is 51.9. The second-order valence-electron chi connectivity index (χ2n) is 23.5. The van der Waals surface area contributed by atoms with Gasteiger partial charge in [-0.05, 0) is 84.9 Å². The van der Waals surface area contributed by atoms with Gasteiger partial charge in [-0.3, -0.25) is 57.7 Å². The lowest BCUT2D eigenvalue weighted by Crippen LogP contribution is -2.61. The van der Waals surface area contributed by atoms with Crippen LogP contribution < -0.4 is 65.1 Å². The van der Waals surface area contributed by atoms with Gasteiger partial charge < -0.3 is 85.1 Å². The van der Waals surface area contributed by atoms with Crippen LogP contribution in [0.15, 0.2) is 120 Å². The smallest absolute Gasteiger partial charge is 0.245 e. The first kappa shape index (κ1) is 70.1. The Balaban J connectivity index is 1.13. The van der Waals surface area contributed by atoms with Crippen LogP contribution in [0.4, 0.5) is 0 Å². The lowest BCUT2D eigenvalue weighted by molar-refractivity contribution is -0.142. The van der Waals surface area contributed by atoms with E-state index < -0.39 is 127 Å². The molecule has 28 nitrogen and oxygen atoms in total. The number of para-hydroxylation sites is 1. The van der Waals surface area contributed by atoms with Gasteiger partial charge >= 0.3 is 0 Å². The van der Waals surface area contributed by atoms with Gasteiger partial charge in [-0.2, -0.15) is 0 Å². The van der Waals surface area contributed by atoms with E-state index in [2.05, 4.69) is 57.8 Å². The number of likely N-dealkylation sites (tertiary alicyclic amines) is 1. The summed E-state index contributed by atoms with van der Waals surface area (Å²) in [7, 11) is 0. The number of guanidine groups is 1. The minimum atomic E-state index is -1.78. The Bertz CT molecular complexity index is 3470. The number of hydrogen-bond donors (Lipinski definition) is 15. The van der Waals surface area contributed by atoms with Crippen LogP contribution in [0, 0.1) is 5.92 Å². The lowest BCUT2D eigenvalue weighted by atomic mass is 9.99. The number of aromatic hydroxyl groups is 1. The van der Waals surface area contributed by atoms with Crippen LogP contribution in [0.2, 0.25) is 0 Å². The highest BCUT2D eigenvalue weighted by Crippen LogP contribution is 2.23. The van der Waals surface area contributed by atoms with E-state index in [-0.39, 0.29) is 101 Å². The van der Waals surface area contributed by atoms with E-state index in [1.54, 1.807) is 98.9 Å². The Kier molecular flexibility index (Phi) is 25.7. The molecule has 5 aromatic rings. The number of fused-ring (bicyclic) bond motifs is 1. The molecule has 4 aromatic carbocycles. The number of nitrogens with zero attached hydrogens (tertiary/aromatic N) is 2. The quantitative estimate of drug-likeness (QED) is 0.0129. The van der Waals surface area contributed by atoms with Crippen molar-refractivity contribution in [3.05, 3.63) is 138 Å². The summed E-state index contributed by atoms with van der Waals surface area (Å²) in [4.78, 5) is 161. The van der Waals surface area contributed by atoms with Crippen molar-refractivity contribution in [3.63, 3.8) is 0 Å². The predicted molar refractivity (Wildman–Crippen MR) is 342 cm³/mol. The molecule has 2 fully saturated rings. The van der Waals surface area contributed by atoms with E-state index in [0.29, 0.717) is 39.6 Å². The minimum absolute atomic E-state index is 0.000220. The molecule has 9 atom stereocenters. The zero-order chi connectivity index (χ0) is 67.1. The lowest BCUT2D eigenvalue weighted by Gasteiger charge is -2.30. The third-order valence-corrected chi connectivity index (χ3v) is 15.9. The van der Waals surface area contributed by atoms with Gasteiger partial charge in [0.15, 0.2) is 5.96 Å². The van der Waals surface area contributed by atoms with E-state index in [1.165, 1.54) is 29.2 Å². The van der Waals surface area contributed by atoms with Gasteiger partial charge in [-0.15, -0.1) is 0 Å². The SMILES string of the molecule is CC(C)C[C@H](NC(=O)[C@@H](Cc1ccccc1)NC(=O)[C@H](Cc1ccc(O)cc1)NC(=O)[C@H](CO)NC(=O)[C@H](Cc1c[nH]c2ccccc12)NC(=O)[C@H](Cc1ccccc1)NC(=O)[C@@H]1CCC(=O)N1)C(=O)N[C@@H](CCCN=C(N)N)C(=O)N1CCC[C@H]1C(=O)NCC(N)=O. The van der Waals surface area contributed by atoms with E-state index >= 15 is 0 Å². The number of carbonyl (C=O) groups excluding carboxylic acids is 11. The Morgan fingerprint density at radius 1 is 0.602 bits per heavy atom. The molecule has 28 heteroatoms. The van der Waals surface area contributed by atoms with Gasteiger partial charge in [-0.1, -0.05) is 105 Å². The van der Waals surface area contributed by atoms with Crippen LogP contribution in [0.1, 0.15) is 81.0 Å². The molecule has 7 rings (SSSR count). The van der Waals surface area contributed by atoms with Crippen molar-refractivity contribution in [2.45, 2.75) is 139 Å². The minimum Gasteiger partial charge on any atom is -0.508 e. The molecule has 0 spiro atoms. The number of aromatic nitrogens is 1. The number of phenolic OH excluding ortho intramolecular Hbond substituents is 1. The highest BCUT2D eigenvalue weighted by molar-refractivity contribution is 6.00. The van der Waals surface area contributed by atoms with Gasteiger partial charge in [0.05, 0.1) is 13.2 Å². The molecule has 496 valence electrons. The first-order valence-corrected chi connectivity index (χ1v) is 30.9. The number of hydrogen-bond acceptors (Lipinski definition) is 14. The van der Waals surface area contributed by atoms with Crippen molar-refractivity contribution in [3.8, 4) is 5.75 Å². The van der Waals surface area contributed by atoms with E-state index in [4.69, 9.17) is 17.2 Å². The summed E-state index contributed by atoms with van der Waals surface area (Å²) in [6.07, 6.45) is 2.30. The fourth-order valence-corrected chi connectivity index (χ4v) is 11.1. The largest absolute Gasteiger partial charge is 0.508 e. The molecule has 0 saturated carbocycles. The van der Waals surface area contributed by atoms with Gasteiger partial charge in [0.25, 0.3) is 0 Å². The summed E-state index contributed by atoms with van der Waals surface area (Å²) in [6, 6.07) is 18.3. The molecular formula is C65H83N15O13. The molecule has 0 bridgehead atoms. The van der Waals surface area contributed by atoms with Crippen molar-refractivity contribution in [1.29, 1.82) is 0 Å². The topological polar surface area (TPSA) is 446 Å². The summed E-state index contributed by atoms with van der Waals surface area (Å²) in [6.45, 7) is 2.36. The number of H-pyrrole nitrogens is 1. The van der Waals surface area contributed by atoms with Crippen LogP contribution in [0.25, 0.3) is 10.9 Å². The highest BCUT2D eigenvalue weighted by atomic mass is 16.3. The number of carbonyl (C=O) groups is 11. The van der Waals surface area contributed by atoms with Crippen LogP contribution in [0.3, 0.4) is 0 Å². The number of nitrogens with one attached hydrogen (secondary N) is 10. The summed E-state index contributed by atoms with van der Waals surface area (Å²) >= 11 is 0. The van der Waals surface area contributed by atoms with Crippen LogP contribution >= 0.6 is 0 Å². The molecule has 11 amide bonds. The zero-order valence-corrected chi connectivity index (χ0v) is 51.9. The fourth-order valence-electron chi connectivity index (χ4n) is 11.1. The van der Waals surface area contributed by atoms with E-state index in [0.717, 1.165) is 0 Å². The number of phenols is 1. The molecule has 0 aliphatic carbocycles. The maximum atomic E-state index is 14.9. The fraction of sp³-hybridized carbons (Fsp3) is 0.415. The standard InChI is InChI=1S/C65H83N15O13/c1-37(2)29-47(57(86)73-46(19-11-27-69-65(67)68)64(93)80-28-12-20-53(80)63(92)71-35-54(66)83)74-58(87)49(31-39-15-7-4-8-16-39)76-59(88)50(32-40-21-23-42(82)24-22-40)77-62(91)52(36-81)79-61(90)51(33-41-34-70-44-18-10-9-17-43(41)44)78-60(89)48(30-38-13-5-3-6-14-38)75-56(85)45-25-26-55(84)72-45/h3-10,13-18,21-24,34,37,45-53,70,81-82H,11-12,19-20,25-33,35-36H2,1-2H3,(H2,66,83)(H,71,92)(H,72,84)(H,73,86)(H,74,87)(H,75,85)(H,76,88)(H,77,91)(H,78,89)(H,79,90)(H4,67,68,69)/t45-,46-,47-,48-,49+,50-,51-,52-,53-/m0/s1. The first-order valence-electron chi connectivity index (χ1n) is 30.9. The molecule has 0 radical (unpaired) electrons. The maximum absolute atomic E-state index is 14.9. The normalized spacial score (nSPS) is 16.6. The molecular weight excluding hydrogens is 1200 g/mol. The van der Waals surface area contributed by atoms with Crippen molar-refractivity contribution < 1.29 is 63.0 Å². The highest BCUT2D eigenvalue weighted by Gasteiger charge is 2.40. The second-order valence-corrected chi connectivity index (χ2v) is 23.5. The predicted octanol–water partition coefficient (Wildman–Crippen LogP) is -1.50. The number of primary amides is 1. The first-order chi connectivity index (χ1) is 44.5. The average Bonchev–Trinajstić information content (AvgIpc) is 1.85. The van der Waals surface area contributed by atoms with Gasteiger partial charge in [0, 0.05) is 62.3 Å². The average molecular weight is 1280 g/mol. The molecule has 1 aromatic heterocycles. The van der Waals surface area contributed by atoms with Crippen molar-refractivity contribution >= 4 is 81.8 Å². The van der Waals surface area contributed by atoms with Gasteiger partial charge in [-0.25, -0.2) is 0 Å². The van der Waals surface area contributed by atoms with E-state index in [1.807, 2.05) is 6.07 Å². The summed E-state index contributed by atoms with van der Waals surface area (Å²) in [5, 5.41) is 45.8. The third-order valence-electron chi connectivity index (χ3n) is 15.9.